The molecule has 0 radical (unpaired) electrons. The van der Waals surface area contributed by atoms with E-state index < -0.39 is 6.04 Å². The first kappa shape index (κ1) is 28.5. The number of ether oxygens (including phenoxy) is 1. The van der Waals surface area contributed by atoms with Crippen LogP contribution < -0.4 is 10.1 Å². The van der Waals surface area contributed by atoms with Gasteiger partial charge in [-0.3, -0.25) is 9.59 Å². The number of aryl methyl sites for hydroxylation is 1. The third kappa shape index (κ3) is 8.46. The Labute approximate surface area is 229 Å². The second kappa shape index (κ2) is 14.0. The van der Waals surface area contributed by atoms with Crippen LogP contribution >= 0.6 is 15.9 Å². The van der Waals surface area contributed by atoms with Gasteiger partial charge in [0.25, 0.3) is 5.91 Å². The Balaban J connectivity index is 1.88. The number of halogens is 1. The van der Waals surface area contributed by atoms with Crippen molar-refractivity contribution < 1.29 is 14.3 Å². The third-order valence-electron chi connectivity index (χ3n) is 6.27. The summed E-state index contributed by atoms with van der Waals surface area (Å²) in [5.74, 6) is 0.585. The highest BCUT2D eigenvalue weighted by atomic mass is 79.9. The Morgan fingerprint density at radius 1 is 0.973 bits per heavy atom. The molecule has 0 saturated heterocycles. The van der Waals surface area contributed by atoms with Crippen LogP contribution in [0.1, 0.15) is 55.4 Å². The van der Waals surface area contributed by atoms with Crippen molar-refractivity contribution in [1.29, 1.82) is 0 Å². The van der Waals surface area contributed by atoms with Gasteiger partial charge in [0, 0.05) is 19.5 Å². The van der Waals surface area contributed by atoms with E-state index in [9.17, 15) is 9.59 Å². The van der Waals surface area contributed by atoms with Crippen LogP contribution in [0.3, 0.4) is 0 Å². The minimum absolute atomic E-state index is 0.159. The zero-order valence-electron chi connectivity index (χ0n) is 22.2. The molecule has 3 aromatic carbocycles. The first-order chi connectivity index (χ1) is 17.8. The highest BCUT2D eigenvalue weighted by molar-refractivity contribution is 9.10. The fraction of sp³-hybridized carbons (Fsp3) is 0.355. The van der Waals surface area contributed by atoms with E-state index in [2.05, 4.69) is 35.1 Å². The molecule has 0 bridgehead atoms. The van der Waals surface area contributed by atoms with Gasteiger partial charge < -0.3 is 15.0 Å². The SMILES string of the molecule is CCCNC(=O)[C@@H](Cc1ccccc1)N(Cc1ccc(C)cc1)C(=O)COc1ccc(C(C)C)cc1Br. The fourth-order valence-corrected chi connectivity index (χ4v) is 4.54. The number of amides is 2. The van der Waals surface area contributed by atoms with Crippen molar-refractivity contribution >= 4 is 27.7 Å². The van der Waals surface area contributed by atoms with E-state index >= 15 is 0 Å². The minimum Gasteiger partial charge on any atom is -0.483 e. The zero-order chi connectivity index (χ0) is 26.8. The molecule has 0 aliphatic rings. The van der Waals surface area contributed by atoms with Crippen LogP contribution in [0.5, 0.6) is 5.75 Å². The van der Waals surface area contributed by atoms with Gasteiger partial charge in [-0.15, -0.1) is 0 Å². The molecule has 196 valence electrons. The molecule has 0 aliphatic heterocycles. The summed E-state index contributed by atoms with van der Waals surface area (Å²) < 4.78 is 6.77. The summed E-state index contributed by atoms with van der Waals surface area (Å²) in [5.41, 5.74) is 4.28. The molecule has 0 aliphatic carbocycles. The van der Waals surface area contributed by atoms with Crippen LogP contribution in [-0.2, 0) is 22.6 Å². The van der Waals surface area contributed by atoms with Crippen molar-refractivity contribution in [2.75, 3.05) is 13.2 Å². The molecule has 1 N–H and O–H groups in total. The lowest BCUT2D eigenvalue weighted by Crippen LogP contribution is -2.51. The van der Waals surface area contributed by atoms with Crippen LogP contribution in [-0.4, -0.2) is 35.9 Å². The molecule has 37 heavy (non-hydrogen) atoms. The van der Waals surface area contributed by atoms with Gasteiger partial charge in [-0.1, -0.05) is 87.0 Å². The van der Waals surface area contributed by atoms with Crippen molar-refractivity contribution in [3.8, 4) is 5.75 Å². The van der Waals surface area contributed by atoms with Crippen molar-refractivity contribution in [2.24, 2.45) is 0 Å². The topological polar surface area (TPSA) is 58.6 Å². The molecule has 0 unspecified atom stereocenters. The zero-order valence-corrected chi connectivity index (χ0v) is 23.8. The van der Waals surface area contributed by atoms with Crippen molar-refractivity contribution in [2.45, 2.75) is 59.0 Å². The van der Waals surface area contributed by atoms with Gasteiger partial charge in [0.05, 0.1) is 4.47 Å². The fourth-order valence-electron chi connectivity index (χ4n) is 4.03. The highest BCUT2D eigenvalue weighted by Gasteiger charge is 2.30. The standard InChI is InChI=1S/C31H37BrN2O3/c1-5-17-33-31(36)28(18-24-9-7-6-8-10-24)34(20-25-13-11-23(4)12-14-25)30(35)21-37-29-16-15-26(22(2)3)19-27(29)32/h6-16,19,22,28H,5,17-18,20-21H2,1-4H3,(H,33,36)/t28-/m1/s1. The smallest absolute Gasteiger partial charge is 0.261 e. The number of nitrogens with zero attached hydrogens (tertiary/aromatic N) is 1. The first-order valence-electron chi connectivity index (χ1n) is 12.9. The molecule has 3 aromatic rings. The van der Waals surface area contributed by atoms with Crippen molar-refractivity contribution in [3.05, 3.63) is 99.5 Å². The summed E-state index contributed by atoms with van der Waals surface area (Å²) in [6.45, 7) is 9.00. The Morgan fingerprint density at radius 2 is 1.68 bits per heavy atom. The Morgan fingerprint density at radius 3 is 2.30 bits per heavy atom. The molecule has 0 spiro atoms. The number of rotatable bonds is 12. The lowest BCUT2D eigenvalue weighted by Gasteiger charge is -2.31. The van der Waals surface area contributed by atoms with E-state index in [1.807, 2.05) is 86.6 Å². The van der Waals surface area contributed by atoms with E-state index in [-0.39, 0.29) is 18.4 Å². The maximum atomic E-state index is 13.7. The number of hydrogen-bond acceptors (Lipinski definition) is 3. The van der Waals surface area contributed by atoms with Crippen LogP contribution in [0.4, 0.5) is 0 Å². The number of benzene rings is 3. The second-order valence-electron chi connectivity index (χ2n) is 9.64. The van der Waals surface area contributed by atoms with Gasteiger partial charge in [-0.2, -0.15) is 0 Å². The van der Waals surface area contributed by atoms with E-state index in [1.165, 1.54) is 5.56 Å². The highest BCUT2D eigenvalue weighted by Crippen LogP contribution is 2.29. The monoisotopic (exact) mass is 564 g/mol. The maximum absolute atomic E-state index is 13.7. The molecule has 5 nitrogen and oxygen atoms in total. The average molecular weight is 566 g/mol. The summed E-state index contributed by atoms with van der Waals surface area (Å²) in [6.07, 6.45) is 1.24. The molecular formula is C31H37BrN2O3. The summed E-state index contributed by atoms with van der Waals surface area (Å²) >= 11 is 3.57. The van der Waals surface area contributed by atoms with E-state index in [4.69, 9.17) is 4.74 Å². The summed E-state index contributed by atoms with van der Waals surface area (Å²) in [6, 6.07) is 23.1. The van der Waals surface area contributed by atoms with Crippen LogP contribution in [0.15, 0.2) is 77.3 Å². The van der Waals surface area contributed by atoms with Gasteiger partial charge in [0.2, 0.25) is 5.91 Å². The third-order valence-corrected chi connectivity index (χ3v) is 6.89. The number of carbonyl (C=O) groups excluding carboxylic acids is 2. The van der Waals surface area contributed by atoms with E-state index in [0.717, 1.165) is 27.6 Å². The first-order valence-corrected chi connectivity index (χ1v) is 13.7. The number of hydrogen-bond donors (Lipinski definition) is 1. The van der Waals surface area contributed by atoms with Gasteiger partial charge in [0.1, 0.15) is 11.8 Å². The van der Waals surface area contributed by atoms with Gasteiger partial charge in [-0.25, -0.2) is 0 Å². The van der Waals surface area contributed by atoms with Gasteiger partial charge in [0.15, 0.2) is 6.61 Å². The predicted molar refractivity (Wildman–Crippen MR) is 153 cm³/mol. The Bertz CT molecular complexity index is 1160. The Hall–Kier alpha value is -3.12. The summed E-state index contributed by atoms with van der Waals surface area (Å²) in [4.78, 5) is 28.7. The summed E-state index contributed by atoms with van der Waals surface area (Å²) in [7, 11) is 0. The second-order valence-corrected chi connectivity index (χ2v) is 10.5. The largest absolute Gasteiger partial charge is 0.483 e. The predicted octanol–water partition coefficient (Wildman–Crippen LogP) is 6.43. The van der Waals surface area contributed by atoms with E-state index in [0.29, 0.717) is 31.2 Å². The lowest BCUT2D eigenvalue weighted by molar-refractivity contribution is -0.142. The quantitative estimate of drug-likeness (QED) is 0.276. The maximum Gasteiger partial charge on any atom is 0.261 e. The minimum atomic E-state index is -0.668. The Kier molecular flexibility index (Phi) is 10.8. The number of carbonyl (C=O) groups is 2. The average Bonchev–Trinajstić information content (AvgIpc) is 2.90. The van der Waals surface area contributed by atoms with Gasteiger partial charge >= 0.3 is 0 Å². The molecule has 0 fully saturated rings. The normalized spacial score (nSPS) is 11.7. The summed E-state index contributed by atoms with van der Waals surface area (Å²) in [5, 5.41) is 3.00. The molecular weight excluding hydrogens is 528 g/mol. The van der Waals surface area contributed by atoms with Crippen LogP contribution in [0.2, 0.25) is 0 Å². The van der Waals surface area contributed by atoms with E-state index in [1.54, 1.807) is 4.90 Å². The van der Waals surface area contributed by atoms with Crippen LogP contribution in [0.25, 0.3) is 0 Å². The molecule has 2 amide bonds. The molecule has 0 heterocycles. The molecule has 0 saturated carbocycles. The van der Waals surface area contributed by atoms with Gasteiger partial charge in [-0.05, 0) is 64.0 Å². The molecule has 3 rings (SSSR count). The van der Waals surface area contributed by atoms with Crippen molar-refractivity contribution in [3.63, 3.8) is 0 Å². The lowest BCUT2D eigenvalue weighted by atomic mass is 10.0. The number of nitrogens with one attached hydrogen (secondary N) is 1. The van der Waals surface area contributed by atoms with Crippen LogP contribution in [0, 0.1) is 6.92 Å². The molecule has 6 heteroatoms. The van der Waals surface area contributed by atoms with Crippen molar-refractivity contribution in [1.82, 2.24) is 10.2 Å². The molecule has 0 aromatic heterocycles. The molecule has 1 atom stereocenters.